The Bertz CT molecular complexity index is 341. The Morgan fingerprint density at radius 3 is 3.00 bits per heavy atom. The topological polar surface area (TPSA) is 39.7 Å². The minimum atomic E-state index is 0.273. The van der Waals surface area contributed by atoms with E-state index in [1.807, 2.05) is 18.2 Å². The quantitative estimate of drug-likeness (QED) is 0.763. The van der Waals surface area contributed by atoms with Gasteiger partial charge in [0.2, 0.25) is 6.79 Å². The van der Waals surface area contributed by atoms with Gasteiger partial charge in [-0.15, -0.1) is 0 Å². The third-order valence-electron chi connectivity index (χ3n) is 2.30. The maximum Gasteiger partial charge on any atom is 0.231 e. The first kappa shape index (κ1) is 10.3. The molecule has 1 aliphatic rings. The van der Waals surface area contributed by atoms with Gasteiger partial charge in [-0.25, -0.2) is 0 Å². The third-order valence-corrected chi connectivity index (χ3v) is 2.30. The Balaban J connectivity index is 2.03. The Labute approximate surface area is 89.1 Å². The van der Waals surface area contributed by atoms with E-state index in [1.54, 1.807) is 7.11 Å². The molecule has 82 valence electrons. The van der Waals surface area contributed by atoms with Crippen LogP contribution in [0.5, 0.6) is 11.5 Å². The van der Waals surface area contributed by atoms with E-state index in [-0.39, 0.29) is 6.04 Å². The normalized spacial score (nSPS) is 15.3. The first-order valence-corrected chi connectivity index (χ1v) is 4.96. The van der Waals surface area contributed by atoms with Crippen LogP contribution in [0.25, 0.3) is 0 Å². The van der Waals surface area contributed by atoms with Crippen molar-refractivity contribution in [2.24, 2.45) is 0 Å². The lowest BCUT2D eigenvalue weighted by Crippen LogP contribution is -2.26. The monoisotopic (exact) mass is 209 g/mol. The van der Waals surface area contributed by atoms with E-state index in [0.29, 0.717) is 6.79 Å². The van der Waals surface area contributed by atoms with E-state index in [0.717, 1.165) is 17.9 Å². The van der Waals surface area contributed by atoms with Crippen LogP contribution in [0.15, 0.2) is 18.2 Å². The second-order valence-electron chi connectivity index (χ2n) is 3.61. The smallest absolute Gasteiger partial charge is 0.231 e. The summed E-state index contributed by atoms with van der Waals surface area (Å²) in [6.07, 6.45) is 0.893. The molecule has 1 atom stereocenters. The average Bonchev–Trinajstić information content (AvgIpc) is 2.65. The zero-order chi connectivity index (χ0) is 10.7. The van der Waals surface area contributed by atoms with Gasteiger partial charge < -0.3 is 14.3 Å². The van der Waals surface area contributed by atoms with E-state index in [4.69, 9.17) is 14.3 Å². The largest absolute Gasteiger partial charge is 0.454 e. The van der Waals surface area contributed by atoms with Crippen LogP contribution in [-0.4, -0.2) is 19.9 Å². The summed E-state index contributed by atoms with van der Waals surface area (Å²) in [5.41, 5.74) is 4.09. The van der Waals surface area contributed by atoms with Crippen molar-refractivity contribution in [3.63, 3.8) is 0 Å². The van der Waals surface area contributed by atoms with Crippen molar-refractivity contribution in [2.75, 3.05) is 13.9 Å². The lowest BCUT2D eigenvalue weighted by Gasteiger charge is -2.11. The summed E-state index contributed by atoms with van der Waals surface area (Å²) in [6, 6.07) is 6.27. The van der Waals surface area contributed by atoms with E-state index in [2.05, 4.69) is 12.4 Å². The Hall–Kier alpha value is -1.26. The highest BCUT2D eigenvalue weighted by atomic mass is 16.7. The molecule has 0 radical (unpaired) electrons. The molecule has 2 rings (SSSR count). The second-order valence-corrected chi connectivity index (χ2v) is 3.61. The molecule has 0 aromatic heterocycles. The van der Waals surface area contributed by atoms with Crippen LogP contribution in [0.1, 0.15) is 12.5 Å². The molecule has 0 bridgehead atoms. The molecule has 15 heavy (non-hydrogen) atoms. The molecule has 0 amide bonds. The Morgan fingerprint density at radius 1 is 1.40 bits per heavy atom. The summed E-state index contributed by atoms with van der Waals surface area (Å²) < 4.78 is 10.6. The SMILES string of the molecule is CONC(C)Cc1ccc2c(c1)OCO2. The number of hydrogen-bond acceptors (Lipinski definition) is 4. The van der Waals surface area contributed by atoms with Crippen molar-refractivity contribution < 1.29 is 14.3 Å². The minimum Gasteiger partial charge on any atom is -0.454 e. The fourth-order valence-corrected chi connectivity index (χ4v) is 1.66. The lowest BCUT2D eigenvalue weighted by atomic mass is 10.1. The van der Waals surface area contributed by atoms with Gasteiger partial charge in [0.1, 0.15) is 0 Å². The van der Waals surface area contributed by atoms with Gasteiger partial charge in [0.15, 0.2) is 11.5 Å². The van der Waals surface area contributed by atoms with Gasteiger partial charge in [-0.05, 0) is 31.0 Å². The van der Waals surface area contributed by atoms with E-state index in [9.17, 15) is 0 Å². The molecule has 1 aliphatic heterocycles. The number of hydroxylamine groups is 1. The number of hydrogen-bond donors (Lipinski definition) is 1. The van der Waals surface area contributed by atoms with Crippen LogP contribution in [0.4, 0.5) is 0 Å². The van der Waals surface area contributed by atoms with Crippen molar-refractivity contribution in [2.45, 2.75) is 19.4 Å². The molecule has 1 aromatic carbocycles. The fraction of sp³-hybridized carbons (Fsp3) is 0.455. The summed E-state index contributed by atoms with van der Waals surface area (Å²) in [7, 11) is 1.62. The maximum atomic E-state index is 5.31. The van der Waals surface area contributed by atoms with Crippen molar-refractivity contribution in [1.29, 1.82) is 0 Å². The molecular formula is C11H15NO3. The molecule has 0 saturated carbocycles. The highest BCUT2D eigenvalue weighted by Crippen LogP contribution is 2.32. The first-order valence-electron chi connectivity index (χ1n) is 4.96. The average molecular weight is 209 g/mol. The van der Waals surface area contributed by atoms with Crippen LogP contribution >= 0.6 is 0 Å². The lowest BCUT2D eigenvalue weighted by molar-refractivity contribution is 0.0661. The fourth-order valence-electron chi connectivity index (χ4n) is 1.66. The zero-order valence-corrected chi connectivity index (χ0v) is 8.95. The van der Waals surface area contributed by atoms with E-state index >= 15 is 0 Å². The molecule has 1 heterocycles. The molecule has 1 unspecified atom stereocenters. The third kappa shape index (κ3) is 2.40. The summed E-state index contributed by atoms with van der Waals surface area (Å²) in [4.78, 5) is 4.86. The predicted molar refractivity (Wildman–Crippen MR) is 55.9 cm³/mol. The van der Waals surface area contributed by atoms with Crippen LogP contribution in [0, 0.1) is 0 Å². The highest BCUT2D eigenvalue weighted by molar-refractivity contribution is 5.44. The van der Waals surface area contributed by atoms with E-state index in [1.165, 1.54) is 5.56 Å². The summed E-state index contributed by atoms with van der Waals surface area (Å²) in [6.45, 7) is 2.39. The van der Waals surface area contributed by atoms with Gasteiger partial charge in [0.05, 0.1) is 7.11 Å². The second kappa shape index (κ2) is 4.51. The van der Waals surface area contributed by atoms with Gasteiger partial charge >= 0.3 is 0 Å². The van der Waals surface area contributed by atoms with Gasteiger partial charge in [0.25, 0.3) is 0 Å². The van der Waals surface area contributed by atoms with Gasteiger partial charge in [-0.1, -0.05) is 6.07 Å². The number of nitrogens with one attached hydrogen (secondary N) is 1. The number of fused-ring (bicyclic) bond motifs is 1. The molecule has 1 aromatic rings. The van der Waals surface area contributed by atoms with Gasteiger partial charge in [-0.2, -0.15) is 5.48 Å². The zero-order valence-electron chi connectivity index (χ0n) is 8.95. The number of rotatable bonds is 4. The maximum absolute atomic E-state index is 5.31. The van der Waals surface area contributed by atoms with Crippen LogP contribution in [0.3, 0.4) is 0 Å². The first-order chi connectivity index (χ1) is 7.29. The summed E-state index contributed by atoms with van der Waals surface area (Å²) in [5, 5.41) is 0. The minimum absolute atomic E-state index is 0.273. The Kier molecular flexibility index (Phi) is 3.08. The molecule has 0 fully saturated rings. The van der Waals surface area contributed by atoms with Crippen molar-refractivity contribution in [1.82, 2.24) is 5.48 Å². The van der Waals surface area contributed by atoms with Gasteiger partial charge in [-0.3, -0.25) is 0 Å². The molecule has 1 N–H and O–H groups in total. The van der Waals surface area contributed by atoms with Crippen molar-refractivity contribution >= 4 is 0 Å². The molecule has 4 nitrogen and oxygen atoms in total. The van der Waals surface area contributed by atoms with Crippen molar-refractivity contribution in [3.8, 4) is 11.5 Å². The number of ether oxygens (including phenoxy) is 2. The standard InChI is InChI=1S/C11H15NO3/c1-8(12-13-2)5-9-3-4-10-11(6-9)15-7-14-10/h3-4,6,8,12H,5,7H2,1-2H3. The van der Waals surface area contributed by atoms with E-state index < -0.39 is 0 Å². The molecule has 0 spiro atoms. The molecule has 0 saturated heterocycles. The van der Waals surface area contributed by atoms with Crippen molar-refractivity contribution in [3.05, 3.63) is 23.8 Å². The van der Waals surface area contributed by atoms with Crippen LogP contribution < -0.4 is 15.0 Å². The predicted octanol–water partition coefficient (Wildman–Crippen LogP) is 1.50. The molecule has 4 heteroatoms. The summed E-state index contributed by atoms with van der Waals surface area (Å²) >= 11 is 0. The summed E-state index contributed by atoms with van der Waals surface area (Å²) in [5.74, 6) is 1.66. The highest BCUT2D eigenvalue weighted by Gasteiger charge is 2.13. The molecular weight excluding hydrogens is 194 g/mol. The van der Waals surface area contributed by atoms with Crippen LogP contribution in [0.2, 0.25) is 0 Å². The Morgan fingerprint density at radius 2 is 2.20 bits per heavy atom. The molecule has 0 aliphatic carbocycles. The van der Waals surface area contributed by atoms with Crippen LogP contribution in [-0.2, 0) is 11.3 Å². The van der Waals surface area contributed by atoms with Gasteiger partial charge in [0, 0.05) is 6.04 Å². The number of benzene rings is 1.